The molecule has 292 valence electrons. The molecule has 11 nitrogen and oxygen atoms in total. The summed E-state index contributed by atoms with van der Waals surface area (Å²) in [5.41, 5.74) is 1.32. The molecule has 8 rings (SSSR count). The molecule has 4 saturated heterocycles. The molecule has 1 amide bonds. The van der Waals surface area contributed by atoms with E-state index in [4.69, 9.17) is 21.1 Å². The van der Waals surface area contributed by atoms with Crippen molar-refractivity contribution in [3.05, 3.63) is 105 Å². The zero-order chi connectivity index (χ0) is 38.4. The van der Waals surface area contributed by atoms with Gasteiger partial charge in [-0.1, -0.05) is 42.6 Å². The Balaban J connectivity index is 0.822. The maximum Gasteiger partial charge on any atom is 0.317 e. The number of rotatable bonds is 15. The maximum absolute atomic E-state index is 14.0. The third kappa shape index (κ3) is 9.02. The van der Waals surface area contributed by atoms with Crippen LogP contribution in [0.2, 0.25) is 5.02 Å². The number of piperidine rings is 4. The highest BCUT2D eigenvalue weighted by Crippen LogP contribution is 2.40. The number of fused-ring (bicyclic) bond motifs is 4. The van der Waals surface area contributed by atoms with Crippen molar-refractivity contribution >= 4 is 34.4 Å². The lowest BCUT2D eigenvalue weighted by molar-refractivity contribution is -0.167. The smallest absolute Gasteiger partial charge is 0.317 e. The zero-order valence-electron chi connectivity index (χ0n) is 31.2. The van der Waals surface area contributed by atoms with E-state index in [1.807, 2.05) is 41.3 Å². The molecular weight excluding hydrogens is 720 g/mol. The number of aromatic hydroxyl groups is 1. The monoisotopic (exact) mass is 770 g/mol. The first-order valence-electron chi connectivity index (χ1n) is 19.7. The molecule has 0 spiro atoms. The molecule has 1 aromatic heterocycles. The number of carbonyl (C=O) groups excluding carboxylic acids is 2. The number of aliphatic hydroxyl groups excluding tert-OH is 1. The summed E-state index contributed by atoms with van der Waals surface area (Å²) < 4.78 is 12.3. The molecule has 2 atom stereocenters. The fourth-order valence-corrected chi connectivity index (χ4v) is 8.56. The summed E-state index contributed by atoms with van der Waals surface area (Å²) in [4.78, 5) is 46.1. The number of benzene rings is 3. The van der Waals surface area contributed by atoms with E-state index in [9.17, 15) is 24.6 Å². The fraction of sp³-hybridized carbons (Fsp3) is 0.465. The molecule has 12 heteroatoms. The number of carbonyl (C=O) groups is 2. The number of nitrogens with one attached hydrogen (secondary N) is 2. The highest BCUT2D eigenvalue weighted by Gasteiger charge is 2.47. The Morgan fingerprint density at radius 1 is 0.909 bits per heavy atom. The number of pyridine rings is 1. The van der Waals surface area contributed by atoms with E-state index >= 15 is 0 Å². The molecule has 3 aromatic carbocycles. The zero-order valence-corrected chi connectivity index (χ0v) is 31.9. The number of unbranched alkanes of at least 4 members (excludes halogenated alkanes) is 3. The van der Waals surface area contributed by atoms with E-state index in [0.717, 1.165) is 70.3 Å². The molecule has 0 aliphatic carbocycles. The average Bonchev–Trinajstić information content (AvgIpc) is 3.21. The molecular formula is C43H51ClN4O7. The topological polar surface area (TPSA) is 144 Å². The number of phenols is 1. The summed E-state index contributed by atoms with van der Waals surface area (Å²) in [6, 6.07) is 20.9. The summed E-state index contributed by atoms with van der Waals surface area (Å²) in [5.74, 6) is 0.864. The van der Waals surface area contributed by atoms with E-state index in [0.29, 0.717) is 77.8 Å². The van der Waals surface area contributed by atoms with Crippen molar-refractivity contribution in [1.82, 2.24) is 20.1 Å². The Morgan fingerprint density at radius 2 is 1.64 bits per heavy atom. The minimum absolute atomic E-state index is 0.0280. The number of amides is 1. The van der Waals surface area contributed by atoms with Crippen LogP contribution in [0.5, 0.6) is 11.5 Å². The van der Waals surface area contributed by atoms with Crippen molar-refractivity contribution in [3.8, 4) is 11.5 Å². The van der Waals surface area contributed by atoms with Gasteiger partial charge in [-0.2, -0.15) is 0 Å². The normalized spacial score (nSPS) is 21.0. The highest BCUT2D eigenvalue weighted by atomic mass is 35.5. The number of H-pyrrole nitrogens is 1. The van der Waals surface area contributed by atoms with E-state index < -0.39 is 11.5 Å². The van der Waals surface area contributed by atoms with Crippen LogP contribution in [0.15, 0.2) is 77.6 Å². The summed E-state index contributed by atoms with van der Waals surface area (Å²) in [5, 5.41) is 25.3. The van der Waals surface area contributed by atoms with Gasteiger partial charge in [-0.25, -0.2) is 0 Å². The number of ether oxygens (including phenoxy) is 2. The van der Waals surface area contributed by atoms with Gasteiger partial charge in [-0.05, 0) is 124 Å². The first-order valence-corrected chi connectivity index (χ1v) is 20.0. The largest absolute Gasteiger partial charge is 0.506 e. The second-order valence-corrected chi connectivity index (χ2v) is 15.7. The number of esters is 1. The second-order valence-electron chi connectivity index (χ2n) is 15.3. The Kier molecular flexibility index (Phi) is 12.4. The van der Waals surface area contributed by atoms with Crippen molar-refractivity contribution in [1.29, 1.82) is 0 Å². The van der Waals surface area contributed by atoms with Gasteiger partial charge in [-0.3, -0.25) is 19.3 Å². The predicted molar refractivity (Wildman–Crippen MR) is 212 cm³/mol. The third-order valence-electron chi connectivity index (χ3n) is 11.8. The molecule has 4 N–H and O–H groups in total. The molecule has 2 bridgehead atoms. The predicted octanol–water partition coefficient (Wildman–Crippen LogP) is 5.96. The second kappa shape index (κ2) is 17.6. The molecule has 0 saturated carbocycles. The van der Waals surface area contributed by atoms with Gasteiger partial charge < -0.3 is 34.9 Å². The van der Waals surface area contributed by atoms with Gasteiger partial charge >= 0.3 is 5.97 Å². The minimum Gasteiger partial charge on any atom is -0.506 e. The number of aromatic nitrogens is 1. The molecule has 4 fully saturated rings. The lowest BCUT2D eigenvalue weighted by Crippen LogP contribution is -2.55. The van der Waals surface area contributed by atoms with Crippen LogP contribution in [0, 0.1) is 5.92 Å². The molecule has 55 heavy (non-hydrogen) atoms. The van der Waals surface area contributed by atoms with Crippen molar-refractivity contribution in [2.24, 2.45) is 5.92 Å². The number of halogens is 1. The third-order valence-corrected chi connectivity index (χ3v) is 12.0. The average molecular weight is 771 g/mol. The first kappa shape index (κ1) is 38.8. The van der Waals surface area contributed by atoms with Crippen LogP contribution in [0.25, 0.3) is 10.9 Å². The highest BCUT2D eigenvalue weighted by molar-refractivity contribution is 6.30. The van der Waals surface area contributed by atoms with E-state index in [1.165, 1.54) is 12.1 Å². The van der Waals surface area contributed by atoms with Crippen molar-refractivity contribution in [2.45, 2.75) is 69.0 Å². The summed E-state index contributed by atoms with van der Waals surface area (Å²) in [6.07, 6.45) is 6.11. The quantitative estimate of drug-likeness (QED) is 0.0851. The number of hydrogen-bond acceptors (Lipinski definition) is 9. The van der Waals surface area contributed by atoms with Gasteiger partial charge in [-0.15, -0.1) is 0 Å². The van der Waals surface area contributed by atoms with Gasteiger partial charge in [0.1, 0.15) is 17.6 Å². The Morgan fingerprint density at radius 3 is 2.35 bits per heavy atom. The Hall–Kier alpha value is -4.42. The summed E-state index contributed by atoms with van der Waals surface area (Å²) >= 11 is 6.22. The molecule has 4 aliphatic heterocycles. The number of likely N-dealkylation sites (tertiary alicyclic amines) is 1. The van der Waals surface area contributed by atoms with E-state index in [1.54, 1.807) is 24.3 Å². The van der Waals surface area contributed by atoms with Crippen LogP contribution in [0.1, 0.15) is 79.0 Å². The van der Waals surface area contributed by atoms with Gasteiger partial charge in [0, 0.05) is 48.2 Å². The number of phenolic OH excluding ortho intramolecular Hbond substituents is 1. The molecule has 5 heterocycles. The van der Waals surface area contributed by atoms with Gasteiger partial charge in [0.25, 0.3) is 5.91 Å². The van der Waals surface area contributed by atoms with Crippen LogP contribution in [-0.4, -0.2) is 95.4 Å². The van der Waals surface area contributed by atoms with Crippen molar-refractivity contribution in [2.75, 3.05) is 52.4 Å². The number of aromatic amines is 1. The molecule has 2 unspecified atom stereocenters. The summed E-state index contributed by atoms with van der Waals surface area (Å²) in [6.45, 7) is 5.54. The SMILES string of the molecule is O=C(c1ccc(OCCCCCCNCC(O)c2ccc(O)c3[nH]c(=O)ccc23)cc1)N1CCC(C(=O)OC2CN3CCC2CC3)(c2ccc(Cl)cc2)CC1. The Bertz CT molecular complexity index is 1990. The lowest BCUT2D eigenvalue weighted by atomic mass is 9.72. The van der Waals surface area contributed by atoms with E-state index in [2.05, 4.69) is 15.2 Å². The number of hydrogen-bond donors (Lipinski definition) is 4. The van der Waals surface area contributed by atoms with Crippen LogP contribution in [0.4, 0.5) is 0 Å². The Labute approximate surface area is 326 Å². The standard InChI is InChI=1S/C43H51ClN4O7/c44-32-9-7-31(8-10-32)43(42(53)55-38-28-47-22-17-29(38)18-23-47)19-24-48(25-20-43)41(52)30-5-11-33(12-6-30)54-26-4-2-1-3-21-45-27-37(50)34-13-15-36(49)40-35(34)14-16-39(51)46-40/h5-16,29,37-38,45,49-50H,1-4,17-28H2,(H,46,51). The van der Waals surface area contributed by atoms with E-state index in [-0.39, 0.29) is 29.3 Å². The molecule has 4 aliphatic rings. The van der Waals surface area contributed by atoms with Crippen LogP contribution < -0.4 is 15.6 Å². The van der Waals surface area contributed by atoms with Crippen LogP contribution in [0.3, 0.4) is 0 Å². The van der Waals surface area contributed by atoms with Crippen molar-refractivity contribution in [3.63, 3.8) is 0 Å². The van der Waals surface area contributed by atoms with Gasteiger partial charge in [0.05, 0.1) is 23.6 Å². The van der Waals surface area contributed by atoms with Crippen LogP contribution in [-0.2, 0) is 14.9 Å². The number of nitrogens with zero attached hydrogens (tertiary/aromatic N) is 2. The van der Waals surface area contributed by atoms with Gasteiger partial charge in [0.2, 0.25) is 5.56 Å². The summed E-state index contributed by atoms with van der Waals surface area (Å²) in [7, 11) is 0. The fourth-order valence-electron chi connectivity index (χ4n) is 8.44. The van der Waals surface area contributed by atoms with Crippen LogP contribution >= 0.6 is 11.6 Å². The lowest BCUT2D eigenvalue weighted by Gasteiger charge is -2.46. The maximum atomic E-state index is 14.0. The molecule has 4 aromatic rings. The first-order chi connectivity index (χ1) is 26.7. The number of aliphatic hydroxyl groups is 1. The molecule has 0 radical (unpaired) electrons. The minimum atomic E-state index is -0.821. The van der Waals surface area contributed by atoms with Crippen molar-refractivity contribution < 1.29 is 29.3 Å². The van der Waals surface area contributed by atoms with Gasteiger partial charge in [0.15, 0.2) is 0 Å².